The van der Waals surface area contributed by atoms with Crippen LogP contribution in [0.3, 0.4) is 0 Å². The molecule has 0 amide bonds. The van der Waals surface area contributed by atoms with Crippen LogP contribution in [0.25, 0.3) is 11.4 Å². The van der Waals surface area contributed by atoms with E-state index < -0.39 is 18.0 Å². The minimum Gasteiger partial charge on any atom is -0.506 e. The third kappa shape index (κ3) is 3.79. The highest BCUT2D eigenvalue weighted by Gasteiger charge is 2.34. The molecule has 2 N–H and O–H groups in total. The van der Waals surface area contributed by atoms with E-state index in [4.69, 9.17) is 4.74 Å². The zero-order valence-corrected chi connectivity index (χ0v) is 17.4. The number of aliphatic hydroxyl groups excluding tert-OH is 1. The Bertz CT molecular complexity index is 962. The van der Waals surface area contributed by atoms with Crippen molar-refractivity contribution >= 4 is 19.5 Å². The monoisotopic (exact) mass is 406 g/mol. The molecule has 0 saturated carbocycles. The highest BCUT2D eigenvalue weighted by Crippen LogP contribution is 2.42. The molecule has 0 bridgehead atoms. The van der Waals surface area contributed by atoms with Gasteiger partial charge in [-0.3, -0.25) is 4.79 Å². The van der Waals surface area contributed by atoms with Crippen LogP contribution in [-0.2, 0) is 17.8 Å². The number of pyridine rings is 2. The van der Waals surface area contributed by atoms with Crippen molar-refractivity contribution in [2.24, 2.45) is 5.41 Å². The lowest BCUT2D eigenvalue weighted by atomic mass is 9.79. The number of carbonyl (C=O) groups is 1. The summed E-state index contributed by atoms with van der Waals surface area (Å²) in [5.41, 5.74) is 1.40. The molecule has 0 saturated heterocycles. The van der Waals surface area contributed by atoms with Crippen molar-refractivity contribution in [1.82, 2.24) is 9.55 Å². The van der Waals surface area contributed by atoms with E-state index in [2.05, 4.69) is 25.8 Å². The summed E-state index contributed by atoms with van der Waals surface area (Å²) < 4.78 is 6.90. The second-order valence-corrected chi connectivity index (χ2v) is 7.77. The zero-order valence-electron chi connectivity index (χ0n) is 16.4. The summed E-state index contributed by atoms with van der Waals surface area (Å²) in [4.78, 5) is 29.1. The van der Waals surface area contributed by atoms with Gasteiger partial charge in [-0.25, -0.2) is 9.78 Å². The number of nitrogens with zero attached hydrogens (tertiary/aromatic N) is 2. The first-order valence-electron chi connectivity index (χ1n) is 8.93. The predicted molar refractivity (Wildman–Crippen MR) is 110 cm³/mol. The van der Waals surface area contributed by atoms with Crippen molar-refractivity contribution in [2.75, 3.05) is 6.61 Å². The lowest BCUT2D eigenvalue weighted by Gasteiger charge is -2.38. The molecule has 2 aromatic heterocycles. The van der Waals surface area contributed by atoms with Crippen molar-refractivity contribution in [1.29, 1.82) is 0 Å². The molecule has 3 heterocycles. The Morgan fingerprint density at radius 1 is 1.36 bits per heavy atom. The molecule has 3 rings (SSSR count). The fourth-order valence-corrected chi connectivity index (χ4v) is 3.46. The molecule has 1 aliphatic heterocycles. The van der Waals surface area contributed by atoms with Crippen LogP contribution in [0.1, 0.15) is 55.4 Å². The van der Waals surface area contributed by atoms with Gasteiger partial charge < -0.3 is 19.5 Å². The summed E-state index contributed by atoms with van der Waals surface area (Å²) >= 11 is 0. The first-order valence-corrected chi connectivity index (χ1v) is 8.93. The van der Waals surface area contributed by atoms with Gasteiger partial charge in [0.15, 0.2) is 5.43 Å². The Labute approximate surface area is 170 Å². The smallest absolute Gasteiger partial charge is 0.343 e. The maximum Gasteiger partial charge on any atom is 0.343 e. The molecule has 2 aromatic rings. The third-order valence-corrected chi connectivity index (χ3v) is 4.87. The fourth-order valence-electron chi connectivity index (χ4n) is 3.46. The lowest BCUT2D eigenvalue weighted by Crippen LogP contribution is -2.33. The summed E-state index contributed by atoms with van der Waals surface area (Å²) in [6.07, 6.45) is 2.12. The summed E-state index contributed by atoms with van der Waals surface area (Å²) in [6, 6.07) is 2.92. The van der Waals surface area contributed by atoms with Gasteiger partial charge in [-0.1, -0.05) is 20.8 Å². The maximum absolute atomic E-state index is 12.6. The number of fused-ring (bicyclic) bond motifs is 3. The van der Waals surface area contributed by atoms with E-state index in [-0.39, 0.29) is 48.6 Å². The Morgan fingerprint density at radius 3 is 2.61 bits per heavy atom. The fraction of sp³-hybridized carbons (Fsp3) is 0.450. The number of hydrogen-bond donors (Lipinski definition) is 2. The Hall–Kier alpha value is -2.32. The van der Waals surface area contributed by atoms with Gasteiger partial charge in [-0.05, 0) is 30.4 Å². The molecule has 0 spiro atoms. The standard InChI is InChI=1S/C20H24N2O5.H2S/c1-5-27-19(26)12-9-22-14(8-15(12)24)18-11(7-17(22)20(2,3)4)6-16(25)13(10-23)21-18;/h6,8-9,17,23,25H,5,7,10H2,1-4H3;1H2/t17-;/m0./s1. The van der Waals surface area contributed by atoms with Gasteiger partial charge in [0.1, 0.15) is 17.0 Å². The summed E-state index contributed by atoms with van der Waals surface area (Å²) in [7, 11) is 0. The number of esters is 1. The molecular formula is C20H26N2O5S. The van der Waals surface area contributed by atoms with Crippen LogP contribution < -0.4 is 5.43 Å². The van der Waals surface area contributed by atoms with E-state index in [1.807, 2.05) is 4.57 Å². The first kappa shape index (κ1) is 22.0. The van der Waals surface area contributed by atoms with Gasteiger partial charge in [-0.15, -0.1) is 0 Å². The second-order valence-electron chi connectivity index (χ2n) is 7.77. The largest absolute Gasteiger partial charge is 0.506 e. The van der Waals surface area contributed by atoms with Crippen LogP contribution in [0, 0.1) is 5.41 Å². The minimum atomic E-state index is -0.647. The van der Waals surface area contributed by atoms with Gasteiger partial charge in [-0.2, -0.15) is 13.5 Å². The van der Waals surface area contributed by atoms with E-state index in [0.717, 1.165) is 5.56 Å². The molecule has 152 valence electrons. The molecule has 1 atom stereocenters. The normalized spacial score (nSPS) is 15.2. The van der Waals surface area contributed by atoms with E-state index >= 15 is 0 Å². The summed E-state index contributed by atoms with van der Waals surface area (Å²) in [5, 5.41) is 19.5. The van der Waals surface area contributed by atoms with Gasteiger partial charge in [0, 0.05) is 18.3 Å². The van der Waals surface area contributed by atoms with E-state index in [0.29, 0.717) is 17.8 Å². The Kier molecular flexibility index (Phi) is 6.25. The predicted octanol–water partition coefficient (Wildman–Crippen LogP) is 2.54. The molecule has 0 unspecified atom stereocenters. The van der Waals surface area contributed by atoms with Crippen molar-refractivity contribution < 1.29 is 19.7 Å². The molecule has 0 fully saturated rings. The number of aromatic hydroxyl groups is 1. The van der Waals surface area contributed by atoms with Gasteiger partial charge in [0.05, 0.1) is 24.6 Å². The van der Waals surface area contributed by atoms with Crippen LogP contribution in [0.2, 0.25) is 0 Å². The van der Waals surface area contributed by atoms with Crippen LogP contribution in [-0.4, -0.2) is 32.3 Å². The van der Waals surface area contributed by atoms with Crippen molar-refractivity contribution in [3.63, 3.8) is 0 Å². The number of hydrogen-bond acceptors (Lipinski definition) is 6. The van der Waals surface area contributed by atoms with E-state index in [1.165, 1.54) is 6.07 Å². The van der Waals surface area contributed by atoms with E-state index in [9.17, 15) is 19.8 Å². The van der Waals surface area contributed by atoms with Gasteiger partial charge in [0.2, 0.25) is 0 Å². The molecule has 1 aliphatic rings. The van der Waals surface area contributed by atoms with Gasteiger partial charge in [0.25, 0.3) is 0 Å². The van der Waals surface area contributed by atoms with E-state index in [1.54, 1.807) is 19.2 Å². The molecular weight excluding hydrogens is 380 g/mol. The molecule has 7 nitrogen and oxygen atoms in total. The number of carbonyl (C=O) groups excluding carboxylic acids is 1. The zero-order chi connectivity index (χ0) is 19.9. The van der Waals surface area contributed by atoms with Gasteiger partial charge >= 0.3 is 5.97 Å². The third-order valence-electron chi connectivity index (χ3n) is 4.87. The SMILES string of the molecule is CCOC(=O)c1cn2c(cc1=O)-c1nc(CO)c(O)cc1C[C@H]2C(C)(C)C.S. The topological polar surface area (TPSA) is 102 Å². The first-order chi connectivity index (χ1) is 12.7. The Morgan fingerprint density at radius 2 is 2.04 bits per heavy atom. The summed E-state index contributed by atoms with van der Waals surface area (Å²) in [6.45, 7) is 7.69. The number of ether oxygens (including phenoxy) is 1. The molecule has 0 aromatic carbocycles. The maximum atomic E-state index is 12.6. The van der Waals surface area contributed by atoms with Crippen LogP contribution >= 0.6 is 13.5 Å². The second kappa shape index (κ2) is 7.97. The Balaban J connectivity index is 0.00000280. The van der Waals surface area contributed by atoms with Crippen molar-refractivity contribution in [2.45, 2.75) is 46.8 Å². The molecule has 8 heteroatoms. The minimum absolute atomic E-state index is 0. The molecule has 0 aliphatic carbocycles. The average molecular weight is 407 g/mol. The lowest BCUT2D eigenvalue weighted by molar-refractivity contribution is 0.0523. The number of aliphatic hydroxyl groups is 1. The van der Waals surface area contributed by atoms with Crippen LogP contribution in [0.5, 0.6) is 5.75 Å². The van der Waals surface area contributed by atoms with Crippen LogP contribution in [0.15, 0.2) is 23.1 Å². The van der Waals surface area contributed by atoms with Crippen molar-refractivity contribution in [3.8, 4) is 17.1 Å². The molecule has 0 radical (unpaired) electrons. The number of aromatic nitrogens is 2. The van der Waals surface area contributed by atoms with Crippen molar-refractivity contribution in [3.05, 3.63) is 45.4 Å². The summed E-state index contributed by atoms with van der Waals surface area (Å²) in [5.74, 6) is -0.714. The molecule has 28 heavy (non-hydrogen) atoms. The van der Waals surface area contributed by atoms with Crippen LogP contribution in [0.4, 0.5) is 0 Å². The highest BCUT2D eigenvalue weighted by molar-refractivity contribution is 7.59. The quantitative estimate of drug-likeness (QED) is 0.760. The average Bonchev–Trinajstić information content (AvgIpc) is 2.59. The number of rotatable bonds is 3. The highest BCUT2D eigenvalue weighted by atomic mass is 32.1.